The molecule has 0 spiro atoms. The van der Waals surface area contributed by atoms with E-state index in [-0.39, 0.29) is 36.9 Å². The summed E-state index contributed by atoms with van der Waals surface area (Å²) in [6.07, 6.45) is 7.25. The van der Waals surface area contributed by atoms with Crippen molar-refractivity contribution in [3.63, 3.8) is 0 Å². The van der Waals surface area contributed by atoms with Crippen molar-refractivity contribution in [2.45, 2.75) is 70.5 Å². The fourth-order valence-corrected chi connectivity index (χ4v) is 5.58. The van der Waals surface area contributed by atoms with E-state index in [0.29, 0.717) is 12.0 Å². The Morgan fingerprint density at radius 1 is 1.15 bits per heavy atom. The van der Waals surface area contributed by atoms with Gasteiger partial charge in [0.2, 0.25) is 5.91 Å². The van der Waals surface area contributed by atoms with Gasteiger partial charge in [-0.25, -0.2) is 0 Å². The molecule has 1 amide bonds. The number of halogens is 1. The normalized spacial score (nSPS) is 30.7. The highest BCUT2D eigenvalue weighted by atomic mass is 35.5. The van der Waals surface area contributed by atoms with Crippen LogP contribution in [0, 0.1) is 17.8 Å². The number of carbonyl (C=O) groups is 2. The number of aliphatic carboxylic acids is 1. The van der Waals surface area contributed by atoms with Crippen molar-refractivity contribution in [1.82, 2.24) is 15.1 Å². The number of hydrogen-bond donors (Lipinski definition) is 2. The quantitative estimate of drug-likeness (QED) is 0.684. The molecule has 5 atom stereocenters. The third-order valence-electron chi connectivity index (χ3n) is 7.24. The maximum absolute atomic E-state index is 12.7. The number of carbonyl (C=O) groups excluding carboxylic acids is 1. The van der Waals surface area contributed by atoms with Crippen molar-refractivity contribution >= 4 is 24.3 Å². The third-order valence-corrected chi connectivity index (χ3v) is 7.24. The molecular weight excluding hydrogens is 366 g/mol. The molecule has 7 heteroatoms. The topological polar surface area (TPSA) is 72.9 Å². The Labute approximate surface area is 169 Å². The molecule has 0 radical (unpaired) electrons. The minimum absolute atomic E-state index is 0. The number of nitrogens with one attached hydrogen (secondary N) is 1. The minimum Gasteiger partial charge on any atom is -0.480 e. The Bertz CT molecular complexity index is 525. The number of nitrogens with zero attached hydrogens (tertiary/aromatic N) is 2. The highest BCUT2D eigenvalue weighted by Crippen LogP contribution is 2.49. The summed E-state index contributed by atoms with van der Waals surface area (Å²) in [6, 6.07) is 0.465. The maximum atomic E-state index is 12.7. The molecule has 27 heavy (non-hydrogen) atoms. The van der Waals surface area contributed by atoms with Crippen LogP contribution in [0.3, 0.4) is 0 Å². The lowest BCUT2D eigenvalue weighted by Gasteiger charge is -2.39. The lowest BCUT2D eigenvalue weighted by Crippen LogP contribution is -2.53. The van der Waals surface area contributed by atoms with Crippen molar-refractivity contribution in [3.8, 4) is 0 Å². The second kappa shape index (κ2) is 9.57. The van der Waals surface area contributed by atoms with E-state index in [1.807, 2.05) is 18.9 Å². The van der Waals surface area contributed by atoms with Crippen molar-refractivity contribution in [1.29, 1.82) is 0 Å². The zero-order valence-corrected chi connectivity index (χ0v) is 17.7. The van der Waals surface area contributed by atoms with Crippen molar-refractivity contribution in [3.05, 3.63) is 0 Å². The van der Waals surface area contributed by atoms with Crippen LogP contribution < -0.4 is 5.32 Å². The Morgan fingerprint density at radius 3 is 2.33 bits per heavy atom. The lowest BCUT2D eigenvalue weighted by molar-refractivity contribution is -0.138. The van der Waals surface area contributed by atoms with Gasteiger partial charge in [-0.15, -0.1) is 12.4 Å². The number of likely N-dealkylation sites (N-methyl/N-ethyl adjacent to an activating group) is 1. The van der Waals surface area contributed by atoms with Gasteiger partial charge < -0.3 is 10.4 Å². The summed E-state index contributed by atoms with van der Waals surface area (Å²) in [7, 11) is 1.88. The standard InChI is InChI=1S/C20H35N3O3.ClH/c1-13(18-11-15-4-5-16(18)10-15)21-20(26)14(2)23-8-6-17(7-9-23)22(3)12-19(24)25;/h13-18H,4-12H2,1-3H3,(H,21,26)(H,24,25);1H. The molecule has 156 valence electrons. The molecule has 3 fully saturated rings. The van der Waals surface area contributed by atoms with Crippen molar-refractivity contribution in [2.75, 3.05) is 26.7 Å². The van der Waals surface area contributed by atoms with Crippen LogP contribution in [0.5, 0.6) is 0 Å². The van der Waals surface area contributed by atoms with Crippen LogP contribution in [0.15, 0.2) is 0 Å². The summed E-state index contributed by atoms with van der Waals surface area (Å²) < 4.78 is 0. The second-order valence-electron chi connectivity index (χ2n) is 8.89. The van der Waals surface area contributed by atoms with E-state index in [4.69, 9.17) is 5.11 Å². The molecule has 2 aliphatic carbocycles. The molecule has 2 saturated carbocycles. The van der Waals surface area contributed by atoms with E-state index in [1.54, 1.807) is 0 Å². The zero-order chi connectivity index (χ0) is 18.8. The van der Waals surface area contributed by atoms with E-state index in [2.05, 4.69) is 17.1 Å². The van der Waals surface area contributed by atoms with Gasteiger partial charge in [-0.05, 0) is 70.8 Å². The van der Waals surface area contributed by atoms with Crippen molar-refractivity contribution < 1.29 is 14.7 Å². The van der Waals surface area contributed by atoms with E-state index >= 15 is 0 Å². The Balaban J connectivity index is 0.00000261. The molecule has 5 unspecified atom stereocenters. The van der Waals surface area contributed by atoms with Gasteiger partial charge in [-0.3, -0.25) is 19.4 Å². The molecule has 3 aliphatic rings. The Morgan fingerprint density at radius 2 is 1.81 bits per heavy atom. The first-order chi connectivity index (χ1) is 12.3. The average molecular weight is 402 g/mol. The van der Waals surface area contributed by atoms with Crippen LogP contribution in [-0.2, 0) is 9.59 Å². The van der Waals surface area contributed by atoms with Gasteiger partial charge in [-0.2, -0.15) is 0 Å². The summed E-state index contributed by atoms with van der Waals surface area (Å²) in [5.74, 6) is 1.77. The highest BCUT2D eigenvalue weighted by Gasteiger charge is 2.42. The molecule has 6 nitrogen and oxygen atoms in total. The average Bonchev–Trinajstić information content (AvgIpc) is 3.24. The summed E-state index contributed by atoms with van der Waals surface area (Å²) in [4.78, 5) is 27.8. The minimum atomic E-state index is -0.780. The van der Waals surface area contributed by atoms with Gasteiger partial charge in [0.05, 0.1) is 12.6 Å². The van der Waals surface area contributed by atoms with Gasteiger partial charge >= 0.3 is 5.97 Å². The van der Waals surface area contributed by atoms with Crippen LogP contribution in [0.1, 0.15) is 52.4 Å². The van der Waals surface area contributed by atoms with E-state index in [1.165, 1.54) is 25.7 Å². The van der Waals surface area contributed by atoms with E-state index < -0.39 is 5.97 Å². The molecule has 2 bridgehead atoms. The van der Waals surface area contributed by atoms with Crippen LogP contribution in [0.4, 0.5) is 0 Å². The molecule has 1 heterocycles. The number of carboxylic acids is 1. The van der Waals surface area contributed by atoms with E-state index in [0.717, 1.165) is 37.8 Å². The Hall–Kier alpha value is -0.850. The van der Waals surface area contributed by atoms with E-state index in [9.17, 15) is 9.59 Å². The van der Waals surface area contributed by atoms with Gasteiger partial charge in [0.1, 0.15) is 0 Å². The summed E-state index contributed by atoms with van der Waals surface area (Å²) in [6.45, 7) is 5.98. The second-order valence-corrected chi connectivity index (χ2v) is 8.89. The zero-order valence-electron chi connectivity index (χ0n) is 16.9. The fraction of sp³-hybridized carbons (Fsp3) is 0.900. The Kier molecular flexibility index (Phi) is 7.95. The number of piperidine rings is 1. The molecule has 2 N–H and O–H groups in total. The number of rotatable bonds is 7. The summed E-state index contributed by atoms with van der Waals surface area (Å²) >= 11 is 0. The summed E-state index contributed by atoms with van der Waals surface area (Å²) in [5.41, 5.74) is 0. The molecule has 1 saturated heterocycles. The van der Waals surface area contributed by atoms with Crippen LogP contribution in [0.25, 0.3) is 0 Å². The molecule has 1 aliphatic heterocycles. The van der Waals surface area contributed by atoms with Crippen LogP contribution in [0.2, 0.25) is 0 Å². The third kappa shape index (κ3) is 5.36. The molecule has 0 aromatic carbocycles. The first-order valence-electron chi connectivity index (χ1n) is 10.3. The first kappa shape index (κ1) is 22.4. The van der Waals surface area contributed by atoms with Gasteiger partial charge in [0.25, 0.3) is 0 Å². The lowest BCUT2D eigenvalue weighted by atomic mass is 9.84. The highest BCUT2D eigenvalue weighted by molar-refractivity contribution is 5.85. The van der Waals surface area contributed by atoms with Gasteiger partial charge in [0, 0.05) is 25.2 Å². The molecule has 0 aromatic rings. The number of amides is 1. The smallest absolute Gasteiger partial charge is 0.317 e. The number of fused-ring (bicyclic) bond motifs is 2. The monoisotopic (exact) mass is 401 g/mol. The SMILES string of the molecule is CC(NC(=O)C(C)N1CCC(N(C)CC(=O)O)CC1)C1CC2CCC1C2.Cl. The fourth-order valence-electron chi connectivity index (χ4n) is 5.58. The molecule has 3 rings (SSSR count). The maximum Gasteiger partial charge on any atom is 0.317 e. The molecular formula is C20H36ClN3O3. The predicted octanol–water partition coefficient (Wildman–Crippen LogP) is 2.22. The largest absolute Gasteiger partial charge is 0.480 e. The predicted molar refractivity (Wildman–Crippen MR) is 108 cm³/mol. The van der Waals surface area contributed by atoms with Crippen LogP contribution in [-0.4, -0.2) is 71.6 Å². The molecule has 0 aromatic heterocycles. The van der Waals surface area contributed by atoms with Gasteiger partial charge in [0.15, 0.2) is 0 Å². The summed E-state index contributed by atoms with van der Waals surface area (Å²) in [5, 5.41) is 12.2. The van der Waals surface area contributed by atoms with Crippen molar-refractivity contribution in [2.24, 2.45) is 17.8 Å². The van der Waals surface area contributed by atoms with Gasteiger partial charge in [-0.1, -0.05) is 6.42 Å². The number of likely N-dealkylation sites (tertiary alicyclic amines) is 1. The van der Waals surface area contributed by atoms with Crippen LogP contribution >= 0.6 is 12.4 Å². The first-order valence-corrected chi connectivity index (χ1v) is 10.3. The number of hydrogen-bond acceptors (Lipinski definition) is 4. The number of carboxylic acid groups (broad SMARTS) is 1.